The Bertz CT molecular complexity index is 1210. The highest BCUT2D eigenvalue weighted by Gasteiger charge is 2.13. The molecule has 0 fully saturated rings. The maximum Gasteiger partial charge on any atom is 0.255 e. The van der Waals surface area contributed by atoms with E-state index in [9.17, 15) is 9.59 Å². The van der Waals surface area contributed by atoms with E-state index in [1.807, 2.05) is 35.7 Å². The van der Waals surface area contributed by atoms with Crippen molar-refractivity contribution in [2.75, 3.05) is 11.9 Å². The Morgan fingerprint density at radius 2 is 1.70 bits per heavy atom. The Morgan fingerprint density at radius 1 is 0.970 bits per heavy atom. The highest BCUT2D eigenvalue weighted by molar-refractivity contribution is 7.13. The summed E-state index contributed by atoms with van der Waals surface area (Å²) in [6.45, 7) is 0.289. The largest absolute Gasteiger partial charge is 0.354 e. The van der Waals surface area contributed by atoms with Gasteiger partial charge in [-0.25, -0.2) is 4.98 Å². The minimum absolute atomic E-state index is 0.135. The van der Waals surface area contributed by atoms with Crippen LogP contribution in [-0.2, 0) is 11.2 Å². The number of carbonyl (C=O) groups excluding carboxylic acids is 2. The maximum atomic E-state index is 12.4. The van der Waals surface area contributed by atoms with Gasteiger partial charge in [0.05, 0.1) is 12.1 Å². The van der Waals surface area contributed by atoms with Crippen molar-refractivity contribution in [2.24, 2.45) is 5.73 Å². The highest BCUT2D eigenvalue weighted by atomic mass is 32.1. The molecule has 0 saturated carbocycles. The van der Waals surface area contributed by atoms with Crippen molar-refractivity contribution < 1.29 is 9.59 Å². The summed E-state index contributed by atoms with van der Waals surface area (Å²) < 4.78 is 0. The molecular formula is C25H23N5O2S. The van der Waals surface area contributed by atoms with Gasteiger partial charge in [0.25, 0.3) is 5.91 Å². The molecule has 1 atom stereocenters. The SMILES string of the molecule is NC(CNC(=O)Cc1csc(-c2ccccc2)n1)c1ccc(C(=O)Nc2ccncc2)cc1. The fourth-order valence-corrected chi connectivity index (χ4v) is 4.02. The Balaban J connectivity index is 1.27. The third-order valence-corrected chi connectivity index (χ3v) is 5.91. The van der Waals surface area contributed by atoms with E-state index >= 15 is 0 Å². The van der Waals surface area contributed by atoms with Gasteiger partial charge in [-0.2, -0.15) is 0 Å². The van der Waals surface area contributed by atoms with Gasteiger partial charge in [0.15, 0.2) is 0 Å². The molecule has 1 unspecified atom stereocenters. The third kappa shape index (κ3) is 6.09. The molecule has 0 aliphatic heterocycles. The molecule has 2 amide bonds. The van der Waals surface area contributed by atoms with E-state index in [4.69, 9.17) is 5.73 Å². The van der Waals surface area contributed by atoms with Gasteiger partial charge in [-0.05, 0) is 29.8 Å². The van der Waals surface area contributed by atoms with E-state index in [1.165, 1.54) is 11.3 Å². The number of thiazole rings is 1. The fourth-order valence-electron chi connectivity index (χ4n) is 3.19. The van der Waals surface area contributed by atoms with Crippen LogP contribution >= 0.6 is 11.3 Å². The Hall–Kier alpha value is -3.88. The quantitative estimate of drug-likeness (QED) is 0.373. The number of amides is 2. The van der Waals surface area contributed by atoms with Crippen molar-refractivity contribution >= 4 is 28.8 Å². The summed E-state index contributed by atoms with van der Waals surface area (Å²) in [5.74, 6) is -0.350. The van der Waals surface area contributed by atoms with Gasteiger partial charge >= 0.3 is 0 Å². The van der Waals surface area contributed by atoms with Crippen molar-refractivity contribution in [3.63, 3.8) is 0 Å². The van der Waals surface area contributed by atoms with E-state index in [1.54, 1.807) is 48.8 Å². The molecular weight excluding hydrogens is 434 g/mol. The van der Waals surface area contributed by atoms with Crippen LogP contribution in [0.2, 0.25) is 0 Å². The fraction of sp³-hybridized carbons (Fsp3) is 0.120. The van der Waals surface area contributed by atoms with Gasteiger partial charge in [0.1, 0.15) is 5.01 Å². The Kier molecular flexibility index (Phi) is 7.19. The number of benzene rings is 2. The predicted octanol–water partition coefficient (Wildman–Crippen LogP) is 3.82. The summed E-state index contributed by atoms with van der Waals surface area (Å²) >= 11 is 1.52. The van der Waals surface area contributed by atoms with Crippen LogP contribution in [-0.4, -0.2) is 28.3 Å². The standard InChI is InChI=1S/C25H23N5O2S/c26-22(17-6-8-18(9-7-17)24(32)29-20-10-12-27-13-11-20)15-28-23(31)14-21-16-33-25(30-21)19-4-2-1-3-5-19/h1-13,16,22H,14-15,26H2,(H,28,31)(H,27,29,32). The molecule has 2 heterocycles. The summed E-state index contributed by atoms with van der Waals surface area (Å²) in [6, 6.07) is 20.0. The van der Waals surface area contributed by atoms with Crippen LogP contribution in [0, 0.1) is 0 Å². The van der Waals surface area contributed by atoms with Crippen molar-refractivity contribution in [1.82, 2.24) is 15.3 Å². The first-order valence-electron chi connectivity index (χ1n) is 10.4. The number of carbonyl (C=O) groups is 2. The van der Waals surface area contributed by atoms with Crippen LogP contribution in [0.5, 0.6) is 0 Å². The lowest BCUT2D eigenvalue weighted by molar-refractivity contribution is -0.120. The van der Waals surface area contributed by atoms with Crippen LogP contribution in [0.3, 0.4) is 0 Å². The van der Waals surface area contributed by atoms with Gasteiger partial charge < -0.3 is 16.4 Å². The lowest BCUT2D eigenvalue weighted by Crippen LogP contribution is -2.33. The molecule has 0 spiro atoms. The predicted molar refractivity (Wildman–Crippen MR) is 130 cm³/mol. The zero-order chi connectivity index (χ0) is 23.0. The van der Waals surface area contributed by atoms with Crippen LogP contribution < -0.4 is 16.4 Å². The molecule has 33 heavy (non-hydrogen) atoms. The van der Waals surface area contributed by atoms with E-state index in [0.717, 1.165) is 21.8 Å². The summed E-state index contributed by atoms with van der Waals surface area (Å²) in [5.41, 5.74) is 10.0. The first-order chi connectivity index (χ1) is 16.1. The van der Waals surface area contributed by atoms with Crippen LogP contribution in [0.1, 0.15) is 27.7 Å². The first kappa shape index (κ1) is 22.3. The minimum Gasteiger partial charge on any atom is -0.354 e. The third-order valence-electron chi connectivity index (χ3n) is 4.97. The Labute approximate surface area is 195 Å². The number of hydrogen-bond acceptors (Lipinski definition) is 6. The topological polar surface area (TPSA) is 110 Å². The zero-order valence-electron chi connectivity index (χ0n) is 17.8. The molecule has 2 aromatic heterocycles. The number of hydrogen-bond donors (Lipinski definition) is 3. The molecule has 4 aromatic rings. The minimum atomic E-state index is -0.387. The first-order valence-corrected chi connectivity index (χ1v) is 11.3. The molecule has 0 aliphatic rings. The molecule has 4 N–H and O–H groups in total. The smallest absolute Gasteiger partial charge is 0.255 e. The van der Waals surface area contributed by atoms with Gasteiger partial charge in [-0.15, -0.1) is 11.3 Å². The van der Waals surface area contributed by atoms with Gasteiger partial charge in [-0.1, -0.05) is 42.5 Å². The second-order valence-corrected chi connectivity index (χ2v) is 8.27. The average Bonchev–Trinajstić information content (AvgIpc) is 3.32. The lowest BCUT2D eigenvalue weighted by atomic mass is 10.0. The van der Waals surface area contributed by atoms with E-state index in [2.05, 4.69) is 20.6 Å². The Morgan fingerprint density at radius 3 is 2.42 bits per heavy atom. The van der Waals surface area contributed by atoms with Crippen molar-refractivity contribution in [1.29, 1.82) is 0 Å². The van der Waals surface area contributed by atoms with Crippen molar-refractivity contribution in [3.05, 3.63) is 101 Å². The molecule has 0 saturated heterocycles. The number of pyridine rings is 1. The van der Waals surface area contributed by atoms with Crippen molar-refractivity contribution in [2.45, 2.75) is 12.5 Å². The zero-order valence-corrected chi connectivity index (χ0v) is 18.6. The van der Waals surface area contributed by atoms with E-state index in [-0.39, 0.29) is 30.8 Å². The second kappa shape index (κ2) is 10.6. The van der Waals surface area contributed by atoms with Crippen LogP contribution in [0.25, 0.3) is 10.6 Å². The molecule has 8 heteroatoms. The highest BCUT2D eigenvalue weighted by Crippen LogP contribution is 2.23. The monoisotopic (exact) mass is 457 g/mol. The van der Waals surface area contributed by atoms with E-state index < -0.39 is 0 Å². The van der Waals surface area contributed by atoms with Crippen molar-refractivity contribution in [3.8, 4) is 10.6 Å². The van der Waals surface area contributed by atoms with Gasteiger partial charge in [-0.3, -0.25) is 14.6 Å². The molecule has 0 aliphatic carbocycles. The van der Waals surface area contributed by atoms with E-state index in [0.29, 0.717) is 11.3 Å². The second-order valence-electron chi connectivity index (χ2n) is 7.41. The number of nitrogens with one attached hydrogen (secondary N) is 2. The number of nitrogens with zero attached hydrogens (tertiary/aromatic N) is 2. The summed E-state index contributed by atoms with van der Waals surface area (Å²) in [6.07, 6.45) is 3.43. The lowest BCUT2D eigenvalue weighted by Gasteiger charge is -2.14. The normalized spacial score (nSPS) is 11.5. The summed E-state index contributed by atoms with van der Waals surface area (Å²) in [5, 5.41) is 8.47. The average molecular weight is 458 g/mol. The van der Waals surface area contributed by atoms with Crippen LogP contribution in [0.4, 0.5) is 5.69 Å². The number of anilines is 1. The van der Waals surface area contributed by atoms with Gasteiger partial charge in [0.2, 0.25) is 5.91 Å². The van der Waals surface area contributed by atoms with Crippen LogP contribution in [0.15, 0.2) is 84.5 Å². The molecule has 0 radical (unpaired) electrons. The molecule has 2 aromatic carbocycles. The molecule has 4 rings (SSSR count). The molecule has 7 nitrogen and oxygen atoms in total. The number of aromatic nitrogens is 2. The van der Waals surface area contributed by atoms with Gasteiger partial charge in [0, 0.05) is 47.2 Å². The molecule has 166 valence electrons. The summed E-state index contributed by atoms with van der Waals surface area (Å²) in [4.78, 5) is 33.2. The number of nitrogens with two attached hydrogens (primary N) is 1. The molecule has 0 bridgehead atoms. The summed E-state index contributed by atoms with van der Waals surface area (Å²) in [7, 11) is 0. The number of rotatable bonds is 8. The maximum absolute atomic E-state index is 12.4.